The van der Waals surface area contributed by atoms with Crippen LogP contribution in [0.15, 0.2) is 48.6 Å². The normalized spacial score (nSPS) is 11.8. The highest BCUT2D eigenvalue weighted by atomic mass is 16.5. The van der Waals surface area contributed by atoms with Gasteiger partial charge in [0.15, 0.2) is 17.9 Å². The molecule has 0 spiro atoms. The summed E-state index contributed by atoms with van der Waals surface area (Å²) < 4.78 is 6.99. The predicted octanol–water partition coefficient (Wildman–Crippen LogP) is 3.65. The SMILES string of the molecule is C=C(O)C[N+](=CCCC)/C=C(/C(=C=O)OC)c1ccccc1C. The van der Waals surface area contributed by atoms with Crippen LogP contribution < -0.4 is 0 Å². The Hall–Kier alpha value is -2.58. The van der Waals surface area contributed by atoms with Crippen molar-refractivity contribution in [2.24, 2.45) is 0 Å². The molecular formula is C19H24NO3+. The van der Waals surface area contributed by atoms with Gasteiger partial charge in [-0.1, -0.05) is 37.8 Å². The molecule has 4 nitrogen and oxygen atoms in total. The first-order chi connectivity index (χ1) is 11.0. The van der Waals surface area contributed by atoms with Gasteiger partial charge in [-0.15, -0.1) is 0 Å². The second-order valence-electron chi connectivity index (χ2n) is 5.20. The highest BCUT2D eigenvalue weighted by Gasteiger charge is 2.17. The lowest BCUT2D eigenvalue weighted by atomic mass is 10.00. The summed E-state index contributed by atoms with van der Waals surface area (Å²) in [5.74, 6) is 2.01. The minimum absolute atomic E-state index is 0.0480. The summed E-state index contributed by atoms with van der Waals surface area (Å²) in [6, 6.07) is 7.72. The fourth-order valence-corrected chi connectivity index (χ4v) is 2.17. The molecule has 0 unspecified atom stereocenters. The number of aliphatic hydroxyl groups excluding tert-OH is 1. The van der Waals surface area contributed by atoms with Crippen LogP contribution in [0.4, 0.5) is 0 Å². The molecule has 1 aromatic rings. The molecule has 0 atom stereocenters. The quantitative estimate of drug-likeness (QED) is 0.262. The van der Waals surface area contributed by atoms with Gasteiger partial charge >= 0.3 is 0 Å². The van der Waals surface area contributed by atoms with Gasteiger partial charge in [-0.05, 0) is 24.5 Å². The van der Waals surface area contributed by atoms with E-state index in [1.165, 1.54) is 7.11 Å². The average Bonchev–Trinajstić information content (AvgIpc) is 2.52. The molecule has 0 amide bonds. The Morgan fingerprint density at radius 3 is 2.65 bits per heavy atom. The fraction of sp³-hybridized carbons (Fsp3) is 0.316. The van der Waals surface area contributed by atoms with Gasteiger partial charge in [-0.25, -0.2) is 9.37 Å². The van der Waals surface area contributed by atoms with E-state index in [-0.39, 0.29) is 18.1 Å². The van der Waals surface area contributed by atoms with Crippen molar-refractivity contribution in [3.05, 3.63) is 59.7 Å². The molecule has 122 valence electrons. The van der Waals surface area contributed by atoms with Gasteiger partial charge in [0.05, 0.1) is 12.7 Å². The van der Waals surface area contributed by atoms with E-state index >= 15 is 0 Å². The highest BCUT2D eigenvalue weighted by Crippen LogP contribution is 2.25. The summed E-state index contributed by atoms with van der Waals surface area (Å²) in [5, 5.41) is 9.51. The number of aliphatic hydroxyl groups is 1. The smallest absolute Gasteiger partial charge is 0.217 e. The van der Waals surface area contributed by atoms with Crippen LogP contribution in [-0.2, 0) is 9.53 Å². The molecule has 0 radical (unpaired) electrons. The second-order valence-corrected chi connectivity index (χ2v) is 5.20. The molecule has 0 aliphatic carbocycles. The number of rotatable bonds is 8. The van der Waals surface area contributed by atoms with E-state index in [0.29, 0.717) is 5.57 Å². The molecule has 0 aliphatic rings. The molecule has 1 rings (SSSR count). The maximum atomic E-state index is 11.3. The first-order valence-electron chi connectivity index (χ1n) is 7.56. The summed E-state index contributed by atoms with van der Waals surface area (Å²) >= 11 is 0. The third-order valence-electron chi connectivity index (χ3n) is 3.29. The van der Waals surface area contributed by atoms with Crippen LogP contribution in [0.25, 0.3) is 5.57 Å². The van der Waals surface area contributed by atoms with Crippen molar-refractivity contribution in [1.29, 1.82) is 0 Å². The number of allylic oxidation sites excluding steroid dienone is 1. The Morgan fingerprint density at radius 1 is 1.43 bits per heavy atom. The molecular weight excluding hydrogens is 290 g/mol. The van der Waals surface area contributed by atoms with Crippen molar-refractivity contribution in [1.82, 2.24) is 0 Å². The number of benzene rings is 1. The molecule has 0 fully saturated rings. The summed E-state index contributed by atoms with van der Waals surface area (Å²) in [4.78, 5) is 11.3. The lowest BCUT2D eigenvalue weighted by molar-refractivity contribution is -0.447. The number of ether oxygens (including phenoxy) is 1. The Bertz CT molecular complexity index is 665. The van der Waals surface area contributed by atoms with Crippen LogP contribution in [0.2, 0.25) is 0 Å². The third kappa shape index (κ3) is 5.61. The Balaban J connectivity index is 3.45. The van der Waals surface area contributed by atoms with Crippen LogP contribution in [0, 0.1) is 6.92 Å². The second kappa shape index (κ2) is 9.44. The minimum Gasteiger partial charge on any atom is -0.506 e. The lowest BCUT2D eigenvalue weighted by Gasteiger charge is -2.10. The molecule has 0 bridgehead atoms. The van der Waals surface area contributed by atoms with E-state index in [2.05, 4.69) is 13.5 Å². The molecule has 23 heavy (non-hydrogen) atoms. The van der Waals surface area contributed by atoms with Crippen molar-refractivity contribution in [2.45, 2.75) is 26.7 Å². The van der Waals surface area contributed by atoms with Crippen molar-refractivity contribution in [3.63, 3.8) is 0 Å². The van der Waals surface area contributed by atoms with E-state index in [1.54, 1.807) is 6.20 Å². The van der Waals surface area contributed by atoms with Crippen molar-refractivity contribution in [3.8, 4) is 0 Å². The monoisotopic (exact) mass is 314 g/mol. The van der Waals surface area contributed by atoms with Gasteiger partial charge in [-0.2, -0.15) is 0 Å². The molecule has 0 heterocycles. The van der Waals surface area contributed by atoms with E-state index in [1.807, 2.05) is 47.9 Å². The van der Waals surface area contributed by atoms with Crippen LogP contribution in [0.1, 0.15) is 30.9 Å². The Labute approximate surface area is 137 Å². The van der Waals surface area contributed by atoms with Crippen LogP contribution in [-0.4, -0.2) is 35.5 Å². The number of nitrogens with zero attached hydrogens (tertiary/aromatic N) is 1. The Morgan fingerprint density at radius 2 is 2.13 bits per heavy atom. The number of methoxy groups -OCH3 is 1. The first-order valence-corrected chi connectivity index (χ1v) is 7.56. The summed E-state index contributed by atoms with van der Waals surface area (Å²) in [5.41, 5.74) is 2.52. The minimum atomic E-state index is 0.0480. The zero-order valence-electron chi connectivity index (χ0n) is 14.0. The molecule has 0 saturated carbocycles. The van der Waals surface area contributed by atoms with E-state index in [0.717, 1.165) is 24.0 Å². The summed E-state index contributed by atoms with van der Waals surface area (Å²) in [6.45, 7) is 7.82. The number of hydrogen-bond donors (Lipinski definition) is 1. The molecule has 1 aromatic carbocycles. The van der Waals surface area contributed by atoms with E-state index in [9.17, 15) is 9.90 Å². The van der Waals surface area contributed by atoms with E-state index < -0.39 is 0 Å². The van der Waals surface area contributed by atoms with Crippen molar-refractivity contribution >= 4 is 17.7 Å². The number of carbonyl (C=O) groups excluding carboxylic acids is 1. The third-order valence-corrected chi connectivity index (χ3v) is 3.29. The van der Waals surface area contributed by atoms with Gasteiger partial charge in [0, 0.05) is 6.42 Å². The van der Waals surface area contributed by atoms with Gasteiger partial charge in [0.2, 0.25) is 12.3 Å². The van der Waals surface area contributed by atoms with Crippen LogP contribution in [0.3, 0.4) is 0 Å². The summed E-state index contributed by atoms with van der Waals surface area (Å²) in [7, 11) is 1.44. The van der Waals surface area contributed by atoms with Crippen LogP contribution in [0.5, 0.6) is 0 Å². The summed E-state index contributed by atoms with van der Waals surface area (Å²) in [6.07, 6.45) is 5.56. The topological polar surface area (TPSA) is 49.5 Å². The predicted molar refractivity (Wildman–Crippen MR) is 93.2 cm³/mol. The molecule has 0 aliphatic heterocycles. The fourth-order valence-electron chi connectivity index (χ4n) is 2.17. The lowest BCUT2D eigenvalue weighted by Crippen LogP contribution is -2.12. The van der Waals surface area contributed by atoms with Crippen LogP contribution >= 0.6 is 0 Å². The molecule has 1 N–H and O–H groups in total. The standard InChI is InChI=1S/C19H23NO3/c1-5-6-11-20(12-16(3)22)13-18(19(14-21)23-4)17-10-8-7-9-15(17)2/h7-11,13H,3,5-6,12H2,1-2,4H3/p+1/b18-13+,20-11?. The maximum absolute atomic E-state index is 11.3. The number of unbranched alkanes of at least 4 members (excludes halogenated alkanes) is 1. The van der Waals surface area contributed by atoms with Crippen molar-refractivity contribution in [2.75, 3.05) is 13.7 Å². The van der Waals surface area contributed by atoms with Gasteiger partial charge in [0.1, 0.15) is 6.21 Å². The number of hydrogen-bond acceptors (Lipinski definition) is 3. The average molecular weight is 314 g/mol. The first kappa shape index (κ1) is 18.5. The zero-order valence-corrected chi connectivity index (χ0v) is 14.0. The molecule has 0 aromatic heterocycles. The van der Waals surface area contributed by atoms with Gasteiger partial charge in [-0.3, -0.25) is 0 Å². The number of aryl methyl sites for hydroxylation is 1. The molecule has 4 heteroatoms. The maximum Gasteiger partial charge on any atom is 0.217 e. The molecule has 0 saturated heterocycles. The van der Waals surface area contributed by atoms with Crippen molar-refractivity contribution < 1.29 is 19.2 Å². The Kier molecular flexibility index (Phi) is 7.58. The van der Waals surface area contributed by atoms with E-state index in [4.69, 9.17) is 4.74 Å². The van der Waals surface area contributed by atoms with Gasteiger partial charge in [0.25, 0.3) is 0 Å². The largest absolute Gasteiger partial charge is 0.506 e. The zero-order chi connectivity index (χ0) is 17.2. The highest BCUT2D eigenvalue weighted by molar-refractivity contribution is 5.85. The van der Waals surface area contributed by atoms with Gasteiger partial charge < -0.3 is 9.84 Å².